The van der Waals surface area contributed by atoms with Crippen LogP contribution < -0.4 is 15.5 Å². The zero-order valence-corrected chi connectivity index (χ0v) is 17.0. The van der Waals surface area contributed by atoms with Gasteiger partial charge < -0.3 is 15.5 Å². The molecule has 0 radical (unpaired) electrons. The summed E-state index contributed by atoms with van der Waals surface area (Å²) in [5.41, 5.74) is 4.08. The number of hydrogen-bond donors (Lipinski definition) is 2. The second-order valence-electron chi connectivity index (χ2n) is 7.75. The Balaban J connectivity index is 1.51. The fraction of sp³-hybridized carbons (Fsp3) is 0.409. The third-order valence-electron chi connectivity index (χ3n) is 5.87. The number of nitrogens with one attached hydrogen (secondary N) is 2. The summed E-state index contributed by atoms with van der Waals surface area (Å²) in [5, 5.41) is 7.53. The van der Waals surface area contributed by atoms with Crippen molar-refractivity contribution in [3.8, 4) is 0 Å². The molecule has 4 rings (SSSR count). The lowest BCUT2D eigenvalue weighted by molar-refractivity contribution is -0.117. The molecule has 5 nitrogen and oxygen atoms in total. The van der Waals surface area contributed by atoms with Gasteiger partial charge in [0.25, 0.3) is 0 Å². The topological polar surface area (TPSA) is 57.3 Å². The summed E-state index contributed by atoms with van der Waals surface area (Å²) in [5.74, 6) is 0.198. The number of hydrogen-bond acceptors (Lipinski definition) is 3. The Hall–Kier alpha value is -2.47. The van der Waals surface area contributed by atoms with Gasteiger partial charge in [0.15, 0.2) is 5.11 Å². The number of pyridine rings is 1. The first-order valence-electron chi connectivity index (χ1n) is 9.98. The van der Waals surface area contributed by atoms with Crippen molar-refractivity contribution < 1.29 is 4.79 Å². The second kappa shape index (κ2) is 7.87. The molecule has 2 N–H and O–H groups in total. The fourth-order valence-electron chi connectivity index (χ4n) is 4.40. The smallest absolute Gasteiger partial charge is 0.227 e. The first-order valence-corrected chi connectivity index (χ1v) is 10.4. The van der Waals surface area contributed by atoms with Crippen molar-refractivity contribution in [1.29, 1.82) is 0 Å². The van der Waals surface area contributed by atoms with Crippen LogP contribution in [-0.2, 0) is 10.3 Å². The first kappa shape index (κ1) is 18.9. The highest BCUT2D eigenvalue weighted by atomic mass is 32.1. The quantitative estimate of drug-likeness (QED) is 0.759. The van der Waals surface area contributed by atoms with Gasteiger partial charge in [-0.15, -0.1) is 0 Å². The predicted octanol–water partition coefficient (Wildman–Crippen LogP) is 4.27. The van der Waals surface area contributed by atoms with Crippen molar-refractivity contribution in [3.05, 3.63) is 53.9 Å². The van der Waals surface area contributed by atoms with Crippen molar-refractivity contribution in [2.24, 2.45) is 0 Å². The highest BCUT2D eigenvalue weighted by Crippen LogP contribution is 2.38. The number of thiocarbonyl (C=S) groups is 1. The van der Waals surface area contributed by atoms with Crippen molar-refractivity contribution in [2.45, 2.75) is 51.0 Å². The number of anilines is 2. The molecule has 0 unspecified atom stereocenters. The maximum absolute atomic E-state index is 12.2. The van der Waals surface area contributed by atoms with E-state index in [1.165, 1.54) is 18.4 Å². The predicted molar refractivity (Wildman–Crippen MR) is 117 cm³/mol. The number of nitrogens with zero attached hydrogens (tertiary/aromatic N) is 2. The summed E-state index contributed by atoms with van der Waals surface area (Å²) in [6.45, 7) is 2.83. The Kier molecular flexibility index (Phi) is 5.31. The van der Waals surface area contributed by atoms with Crippen LogP contribution in [0.4, 0.5) is 11.4 Å². The molecule has 146 valence electrons. The average Bonchev–Trinajstić information content (AvgIpc) is 3.34. The molecule has 0 spiro atoms. The number of amides is 1. The number of rotatable bonds is 4. The standard InChI is InChI=1S/C22H26N4OS/c1-16-6-7-18(15-19(16)26-14-4-5-20(26)27)24-21(28)25-22(10-2-3-11-22)17-8-12-23-13-9-17/h6-9,12-13,15H,2-5,10-11,14H2,1H3,(H2,24,25,28). The molecule has 1 aromatic heterocycles. The van der Waals surface area contributed by atoms with Gasteiger partial charge in [-0.25, -0.2) is 0 Å². The molecule has 1 aliphatic heterocycles. The molecule has 6 heteroatoms. The minimum absolute atomic E-state index is 0.133. The number of carbonyl (C=O) groups is 1. The summed E-state index contributed by atoms with van der Waals surface area (Å²) < 4.78 is 0. The van der Waals surface area contributed by atoms with Crippen molar-refractivity contribution in [2.75, 3.05) is 16.8 Å². The van der Waals surface area contributed by atoms with Gasteiger partial charge in [0.1, 0.15) is 0 Å². The summed E-state index contributed by atoms with van der Waals surface area (Å²) in [4.78, 5) is 18.2. The molecule has 2 aromatic rings. The molecule has 0 bridgehead atoms. The van der Waals surface area contributed by atoms with Gasteiger partial charge in [-0.05, 0) is 73.8 Å². The average molecular weight is 395 g/mol. The van der Waals surface area contributed by atoms with Crippen LogP contribution in [0.25, 0.3) is 0 Å². The molecule has 2 aliphatic rings. The van der Waals surface area contributed by atoms with Gasteiger partial charge >= 0.3 is 0 Å². The van der Waals surface area contributed by atoms with Crippen LogP contribution in [0.2, 0.25) is 0 Å². The van der Waals surface area contributed by atoms with Gasteiger partial charge in [0.2, 0.25) is 5.91 Å². The van der Waals surface area contributed by atoms with Crippen LogP contribution in [0.1, 0.15) is 49.7 Å². The van der Waals surface area contributed by atoms with Crippen LogP contribution in [0, 0.1) is 6.92 Å². The Morgan fingerprint density at radius 2 is 1.89 bits per heavy atom. The SMILES string of the molecule is Cc1ccc(NC(=S)NC2(c3ccncc3)CCCC2)cc1N1CCCC1=O. The monoisotopic (exact) mass is 394 g/mol. The normalized spacial score (nSPS) is 18.3. The van der Waals surface area contributed by atoms with Crippen LogP contribution in [0.15, 0.2) is 42.7 Å². The number of aryl methyl sites for hydroxylation is 1. The van der Waals surface area contributed by atoms with E-state index < -0.39 is 0 Å². The molecule has 1 aliphatic carbocycles. The number of benzene rings is 1. The Morgan fingerprint density at radius 3 is 2.57 bits per heavy atom. The summed E-state index contributed by atoms with van der Waals surface area (Å²) in [6.07, 6.45) is 9.71. The zero-order chi connectivity index (χ0) is 19.6. The summed E-state index contributed by atoms with van der Waals surface area (Å²) >= 11 is 5.66. The molecule has 1 aromatic carbocycles. The van der Waals surface area contributed by atoms with E-state index in [2.05, 4.69) is 27.8 Å². The summed E-state index contributed by atoms with van der Waals surface area (Å²) in [6, 6.07) is 10.2. The van der Waals surface area contributed by atoms with E-state index in [0.717, 1.165) is 42.7 Å². The molecular weight excluding hydrogens is 368 g/mol. The fourth-order valence-corrected chi connectivity index (χ4v) is 4.71. The second-order valence-corrected chi connectivity index (χ2v) is 8.16. The molecule has 2 heterocycles. The molecule has 1 saturated heterocycles. The molecular formula is C22H26N4OS. The highest BCUT2D eigenvalue weighted by molar-refractivity contribution is 7.80. The maximum atomic E-state index is 12.2. The third-order valence-corrected chi connectivity index (χ3v) is 6.08. The largest absolute Gasteiger partial charge is 0.353 e. The lowest BCUT2D eigenvalue weighted by Crippen LogP contribution is -2.45. The lowest BCUT2D eigenvalue weighted by atomic mass is 9.89. The van der Waals surface area contributed by atoms with E-state index in [0.29, 0.717) is 11.5 Å². The van der Waals surface area contributed by atoms with Crippen LogP contribution in [0.5, 0.6) is 0 Å². The van der Waals surface area contributed by atoms with Gasteiger partial charge in [0.05, 0.1) is 5.54 Å². The van der Waals surface area contributed by atoms with Crippen LogP contribution >= 0.6 is 12.2 Å². The van der Waals surface area contributed by atoms with E-state index in [1.54, 1.807) is 0 Å². The molecule has 28 heavy (non-hydrogen) atoms. The van der Waals surface area contributed by atoms with E-state index in [-0.39, 0.29) is 11.4 Å². The van der Waals surface area contributed by atoms with Crippen molar-refractivity contribution >= 4 is 34.6 Å². The third kappa shape index (κ3) is 3.74. The molecule has 0 atom stereocenters. The molecule has 1 saturated carbocycles. The van der Waals surface area contributed by atoms with Crippen LogP contribution in [0.3, 0.4) is 0 Å². The zero-order valence-electron chi connectivity index (χ0n) is 16.2. The van der Waals surface area contributed by atoms with E-state index >= 15 is 0 Å². The highest BCUT2D eigenvalue weighted by Gasteiger charge is 2.36. The summed E-state index contributed by atoms with van der Waals surface area (Å²) in [7, 11) is 0. The van der Waals surface area contributed by atoms with E-state index in [9.17, 15) is 4.79 Å². The lowest BCUT2D eigenvalue weighted by Gasteiger charge is -2.32. The van der Waals surface area contributed by atoms with Gasteiger partial charge in [-0.2, -0.15) is 0 Å². The maximum Gasteiger partial charge on any atom is 0.227 e. The van der Waals surface area contributed by atoms with Crippen molar-refractivity contribution in [3.63, 3.8) is 0 Å². The molecule has 1 amide bonds. The Morgan fingerprint density at radius 1 is 1.14 bits per heavy atom. The minimum atomic E-state index is -0.133. The minimum Gasteiger partial charge on any atom is -0.353 e. The van der Waals surface area contributed by atoms with Gasteiger partial charge in [-0.1, -0.05) is 18.9 Å². The van der Waals surface area contributed by atoms with Gasteiger partial charge in [-0.3, -0.25) is 9.78 Å². The van der Waals surface area contributed by atoms with Crippen LogP contribution in [-0.4, -0.2) is 22.5 Å². The Bertz CT molecular complexity index is 877. The number of carbonyl (C=O) groups excluding carboxylic acids is 1. The molecule has 2 fully saturated rings. The Labute approximate surface area is 171 Å². The first-order chi connectivity index (χ1) is 13.6. The van der Waals surface area contributed by atoms with E-state index in [4.69, 9.17) is 12.2 Å². The number of aromatic nitrogens is 1. The van der Waals surface area contributed by atoms with E-state index in [1.807, 2.05) is 42.4 Å². The van der Waals surface area contributed by atoms with Crippen molar-refractivity contribution in [1.82, 2.24) is 10.3 Å². The van der Waals surface area contributed by atoms with Gasteiger partial charge in [0, 0.05) is 36.7 Å².